The lowest BCUT2D eigenvalue weighted by atomic mass is 10.2. The van der Waals surface area contributed by atoms with Crippen LogP contribution < -0.4 is 22.5 Å². The summed E-state index contributed by atoms with van der Waals surface area (Å²) >= 11 is 1.80. The molecule has 0 radical (unpaired) electrons. The molecule has 33 heavy (non-hydrogen) atoms. The summed E-state index contributed by atoms with van der Waals surface area (Å²) in [6.07, 6.45) is 0.827. The van der Waals surface area contributed by atoms with Gasteiger partial charge in [0.15, 0.2) is 11.2 Å². The van der Waals surface area contributed by atoms with E-state index in [1.807, 2.05) is 0 Å². The van der Waals surface area contributed by atoms with Gasteiger partial charge in [-0.2, -0.15) is 4.98 Å². The van der Waals surface area contributed by atoms with Crippen LogP contribution in [-0.4, -0.2) is 76.4 Å². The Balaban J connectivity index is 0.000000186. The molecule has 0 spiro atoms. The number of rotatable bonds is 6. The average Bonchev–Trinajstić information content (AvgIpc) is 3.34. The number of anilines is 1. The number of aliphatic hydroxyl groups excluding tert-OH is 3. The highest BCUT2D eigenvalue weighted by atomic mass is 127. The van der Waals surface area contributed by atoms with Gasteiger partial charge in [0.1, 0.15) is 19.1 Å². The van der Waals surface area contributed by atoms with E-state index >= 15 is 0 Å². The number of nitrogens with one attached hydrogen (secondary N) is 2. The minimum absolute atomic E-state index is 0.0291. The zero-order valence-corrected chi connectivity index (χ0v) is 19.2. The fourth-order valence-electron chi connectivity index (χ4n) is 3.02. The first-order valence-electron chi connectivity index (χ1n) is 9.59. The van der Waals surface area contributed by atoms with Crippen LogP contribution >= 0.6 is 22.6 Å². The summed E-state index contributed by atoms with van der Waals surface area (Å²) in [7, 11) is 0. The molecular formula is C17H22IN7O8. The van der Waals surface area contributed by atoms with E-state index in [1.165, 1.54) is 21.7 Å². The third kappa shape index (κ3) is 5.84. The summed E-state index contributed by atoms with van der Waals surface area (Å²) in [5, 5.41) is 27.1. The van der Waals surface area contributed by atoms with Crippen molar-refractivity contribution in [1.29, 1.82) is 0 Å². The summed E-state index contributed by atoms with van der Waals surface area (Å²) in [6.45, 7) is -0.0130. The van der Waals surface area contributed by atoms with Crippen LogP contribution in [0.15, 0.2) is 26.9 Å². The second-order valence-corrected chi connectivity index (χ2v) is 8.02. The van der Waals surface area contributed by atoms with Crippen LogP contribution in [0.4, 0.5) is 5.95 Å². The van der Waals surface area contributed by atoms with Crippen molar-refractivity contribution < 1.29 is 24.8 Å². The summed E-state index contributed by atoms with van der Waals surface area (Å²) < 4.78 is 13.5. The van der Waals surface area contributed by atoms with Crippen LogP contribution in [0, 0.1) is 3.57 Å². The number of hydrogen-bond donors (Lipinski definition) is 6. The molecule has 0 aromatic carbocycles. The highest BCUT2D eigenvalue weighted by Gasteiger charge is 2.35. The molecule has 1 aliphatic heterocycles. The fourth-order valence-corrected chi connectivity index (χ4v) is 3.45. The van der Waals surface area contributed by atoms with E-state index in [9.17, 15) is 19.5 Å². The third-order valence-corrected chi connectivity index (χ3v) is 5.35. The van der Waals surface area contributed by atoms with E-state index in [4.69, 9.17) is 25.4 Å². The maximum Gasteiger partial charge on any atom is 0.330 e. The highest BCUT2D eigenvalue weighted by molar-refractivity contribution is 14.1. The molecule has 3 atom stereocenters. The molecule has 16 heteroatoms. The van der Waals surface area contributed by atoms with E-state index in [1.54, 1.807) is 22.6 Å². The number of H-pyrrole nitrogens is 2. The lowest BCUT2D eigenvalue weighted by molar-refractivity contribution is -0.0459. The first-order chi connectivity index (χ1) is 15.7. The Kier molecular flexibility index (Phi) is 8.32. The molecule has 7 N–H and O–H groups in total. The van der Waals surface area contributed by atoms with Crippen molar-refractivity contribution in [1.82, 2.24) is 29.1 Å². The van der Waals surface area contributed by atoms with Crippen molar-refractivity contribution in [2.45, 2.75) is 31.6 Å². The van der Waals surface area contributed by atoms with Crippen molar-refractivity contribution in [3.05, 3.63) is 47.3 Å². The number of aromatic amines is 2. The minimum atomic E-state index is -0.818. The Morgan fingerprint density at radius 2 is 2.03 bits per heavy atom. The quantitative estimate of drug-likeness (QED) is 0.132. The van der Waals surface area contributed by atoms with Crippen molar-refractivity contribution in [3.8, 4) is 0 Å². The number of fused-ring (bicyclic) bond motifs is 1. The van der Waals surface area contributed by atoms with Gasteiger partial charge in [0, 0.05) is 12.6 Å². The normalized spacial score (nSPS) is 20.1. The summed E-state index contributed by atoms with van der Waals surface area (Å²) in [5.41, 5.74) is 4.56. The molecule has 1 unspecified atom stereocenters. The number of imidazole rings is 1. The van der Waals surface area contributed by atoms with Gasteiger partial charge >= 0.3 is 5.69 Å². The molecule has 3 aromatic heterocycles. The number of halogens is 1. The first-order valence-corrected chi connectivity index (χ1v) is 10.7. The Labute approximate surface area is 198 Å². The molecule has 0 saturated carbocycles. The average molecular weight is 579 g/mol. The van der Waals surface area contributed by atoms with E-state index < -0.39 is 29.7 Å². The van der Waals surface area contributed by atoms with Gasteiger partial charge in [-0.1, -0.05) is 0 Å². The zero-order chi connectivity index (χ0) is 24.1. The largest absolute Gasteiger partial charge is 0.394 e. The lowest BCUT2D eigenvalue weighted by Gasteiger charge is -2.14. The SMILES string of the molecule is Nc1nc2c(ncn2COCCO)c(=O)[nH]1.O=c1[nH]c(=O)n(C2C[C@H](O)[C@@H](CO)O2)cc1I. The first kappa shape index (κ1) is 25.0. The van der Waals surface area contributed by atoms with E-state index in [-0.39, 0.29) is 50.0 Å². The monoisotopic (exact) mass is 579 g/mol. The number of aliphatic hydroxyl groups is 3. The molecule has 1 fully saturated rings. The van der Waals surface area contributed by atoms with Gasteiger partial charge in [0.05, 0.1) is 35.8 Å². The van der Waals surface area contributed by atoms with Gasteiger partial charge in [0.25, 0.3) is 11.1 Å². The van der Waals surface area contributed by atoms with Crippen molar-refractivity contribution in [2.75, 3.05) is 25.6 Å². The fraction of sp³-hybridized carbons (Fsp3) is 0.471. The predicted molar refractivity (Wildman–Crippen MR) is 121 cm³/mol. The third-order valence-electron chi connectivity index (χ3n) is 4.58. The number of nitrogens with two attached hydrogens (primary N) is 1. The number of aromatic nitrogens is 6. The van der Waals surface area contributed by atoms with Crippen molar-refractivity contribution in [2.24, 2.45) is 0 Å². The number of nitrogen functional groups attached to an aromatic ring is 1. The van der Waals surface area contributed by atoms with Gasteiger partial charge in [-0.15, -0.1) is 0 Å². The summed E-state index contributed by atoms with van der Waals surface area (Å²) in [4.78, 5) is 46.5. The van der Waals surface area contributed by atoms with Gasteiger partial charge in [-0.3, -0.25) is 28.7 Å². The second kappa shape index (κ2) is 11.0. The van der Waals surface area contributed by atoms with Crippen LogP contribution in [0.25, 0.3) is 11.2 Å². The molecule has 15 nitrogen and oxygen atoms in total. The maximum absolute atomic E-state index is 11.6. The van der Waals surface area contributed by atoms with Crippen LogP contribution in [0.5, 0.6) is 0 Å². The van der Waals surface area contributed by atoms with Crippen LogP contribution in [-0.2, 0) is 16.2 Å². The molecule has 4 rings (SSSR count). The van der Waals surface area contributed by atoms with Crippen molar-refractivity contribution >= 4 is 39.7 Å². The Morgan fingerprint density at radius 3 is 2.70 bits per heavy atom. The molecule has 4 heterocycles. The second-order valence-electron chi connectivity index (χ2n) is 6.86. The molecular weight excluding hydrogens is 557 g/mol. The zero-order valence-electron chi connectivity index (χ0n) is 17.0. The number of ether oxygens (including phenoxy) is 2. The van der Waals surface area contributed by atoms with Crippen molar-refractivity contribution in [3.63, 3.8) is 0 Å². The summed E-state index contributed by atoms with van der Waals surface area (Å²) in [5.74, 6) is 0.0291. The molecule has 0 bridgehead atoms. The standard InChI is InChI=1S/C9H11IN2O5.C8H11N5O3/c10-4-2-12(9(16)11-8(4)15)7-1-5(14)6(3-13)17-7;9-8-11-6-5(7(15)12-8)10-3-13(6)4-16-2-1-14/h2,5-7,13-14H,1,3H2,(H,11,15,16);3,14H,1-2,4H2,(H3,9,11,12,15)/t5-,6+,7?;/m0./s1. The molecule has 0 amide bonds. The van der Waals surface area contributed by atoms with Gasteiger partial charge in [-0.05, 0) is 22.6 Å². The molecule has 0 aliphatic carbocycles. The number of hydrogen-bond acceptors (Lipinski definition) is 11. The molecule has 1 saturated heterocycles. The molecule has 1 aliphatic rings. The Morgan fingerprint density at radius 1 is 1.27 bits per heavy atom. The van der Waals surface area contributed by atoms with Crippen LogP contribution in [0.1, 0.15) is 12.6 Å². The smallest absolute Gasteiger partial charge is 0.330 e. The maximum atomic E-state index is 11.6. The van der Waals surface area contributed by atoms with Crippen LogP contribution in [0.3, 0.4) is 0 Å². The minimum Gasteiger partial charge on any atom is -0.394 e. The Bertz CT molecular complexity index is 1270. The van der Waals surface area contributed by atoms with E-state index in [0.717, 1.165) is 0 Å². The highest BCUT2D eigenvalue weighted by Crippen LogP contribution is 2.27. The van der Waals surface area contributed by atoms with Gasteiger partial charge < -0.3 is 30.5 Å². The molecule has 3 aromatic rings. The van der Waals surface area contributed by atoms with E-state index in [0.29, 0.717) is 9.22 Å². The van der Waals surface area contributed by atoms with Gasteiger partial charge in [0.2, 0.25) is 5.95 Å². The molecule has 180 valence electrons. The number of nitrogens with zero attached hydrogens (tertiary/aromatic N) is 4. The van der Waals surface area contributed by atoms with Crippen LogP contribution in [0.2, 0.25) is 0 Å². The van der Waals surface area contributed by atoms with Gasteiger partial charge in [-0.25, -0.2) is 9.78 Å². The summed E-state index contributed by atoms with van der Waals surface area (Å²) in [6, 6.07) is 0. The predicted octanol–water partition coefficient (Wildman–Crippen LogP) is -2.55. The lowest BCUT2D eigenvalue weighted by Crippen LogP contribution is -2.33. The topological polar surface area (TPSA) is 224 Å². The Hall–Kier alpha value is -2.64. The van der Waals surface area contributed by atoms with E-state index in [2.05, 4.69) is 19.9 Å².